The van der Waals surface area contributed by atoms with Gasteiger partial charge in [-0.1, -0.05) is 25.1 Å². The van der Waals surface area contributed by atoms with Crippen molar-refractivity contribution in [2.45, 2.75) is 13.3 Å². The molecular weight excluding hydrogens is 330 g/mol. The monoisotopic (exact) mass is 349 g/mol. The van der Waals surface area contributed by atoms with Crippen LogP contribution in [0.2, 0.25) is 0 Å². The van der Waals surface area contributed by atoms with Gasteiger partial charge in [0.15, 0.2) is 0 Å². The predicted octanol–water partition coefficient (Wildman–Crippen LogP) is 3.47. The van der Waals surface area contributed by atoms with E-state index in [-0.39, 0.29) is 5.91 Å². The van der Waals surface area contributed by atoms with E-state index >= 15 is 0 Å². The van der Waals surface area contributed by atoms with Gasteiger partial charge >= 0.3 is 5.97 Å². The molecule has 1 aromatic heterocycles. The molecule has 0 aliphatic heterocycles. The Hall–Kier alpha value is -3.41. The summed E-state index contributed by atoms with van der Waals surface area (Å²) in [7, 11) is 1.33. The summed E-state index contributed by atoms with van der Waals surface area (Å²) in [5.74, 6) is -0.657. The topological polar surface area (TPSA) is 73.2 Å². The Morgan fingerprint density at radius 1 is 1.08 bits per heavy atom. The van der Waals surface area contributed by atoms with Crippen molar-refractivity contribution < 1.29 is 14.3 Å². The van der Waals surface area contributed by atoms with E-state index in [1.54, 1.807) is 35.1 Å². The quantitative estimate of drug-likeness (QED) is 0.716. The number of methoxy groups -OCH3 is 1. The molecule has 0 fully saturated rings. The van der Waals surface area contributed by atoms with Crippen molar-refractivity contribution in [3.8, 4) is 5.69 Å². The maximum Gasteiger partial charge on any atom is 0.337 e. The van der Waals surface area contributed by atoms with E-state index in [1.165, 1.54) is 7.11 Å². The molecule has 0 atom stereocenters. The van der Waals surface area contributed by atoms with Crippen molar-refractivity contribution in [2.75, 3.05) is 12.4 Å². The molecule has 1 amide bonds. The van der Waals surface area contributed by atoms with Crippen molar-refractivity contribution in [2.24, 2.45) is 0 Å². The van der Waals surface area contributed by atoms with Crippen LogP contribution in [0.5, 0.6) is 0 Å². The number of esters is 1. The number of para-hydroxylation sites is 1. The maximum atomic E-state index is 12.7. The van der Waals surface area contributed by atoms with Crippen molar-refractivity contribution in [3.63, 3.8) is 0 Å². The van der Waals surface area contributed by atoms with Crippen LogP contribution in [-0.4, -0.2) is 28.8 Å². The van der Waals surface area contributed by atoms with Crippen LogP contribution >= 0.6 is 0 Å². The van der Waals surface area contributed by atoms with Gasteiger partial charge in [0.25, 0.3) is 5.91 Å². The molecule has 0 bridgehead atoms. The van der Waals surface area contributed by atoms with E-state index in [2.05, 4.69) is 15.2 Å². The van der Waals surface area contributed by atoms with E-state index in [4.69, 9.17) is 0 Å². The molecule has 0 radical (unpaired) electrons. The van der Waals surface area contributed by atoms with Gasteiger partial charge < -0.3 is 10.1 Å². The number of carbonyl (C=O) groups is 2. The Kier molecular flexibility index (Phi) is 5.12. The average molecular weight is 349 g/mol. The highest BCUT2D eigenvalue weighted by molar-refractivity contribution is 6.05. The van der Waals surface area contributed by atoms with Crippen LogP contribution in [0, 0.1) is 0 Å². The van der Waals surface area contributed by atoms with Gasteiger partial charge in [-0.15, -0.1) is 0 Å². The number of nitrogens with zero attached hydrogens (tertiary/aromatic N) is 2. The lowest BCUT2D eigenvalue weighted by molar-refractivity contribution is 0.0600. The van der Waals surface area contributed by atoms with Gasteiger partial charge in [-0.05, 0) is 42.8 Å². The number of aromatic nitrogens is 2. The van der Waals surface area contributed by atoms with E-state index in [9.17, 15) is 9.59 Å². The lowest BCUT2D eigenvalue weighted by Crippen LogP contribution is -2.14. The third-order valence-corrected chi connectivity index (χ3v) is 4.01. The van der Waals surface area contributed by atoms with Gasteiger partial charge in [0.1, 0.15) is 0 Å². The maximum absolute atomic E-state index is 12.7. The van der Waals surface area contributed by atoms with Crippen molar-refractivity contribution in [1.82, 2.24) is 9.78 Å². The van der Waals surface area contributed by atoms with Gasteiger partial charge in [0.05, 0.1) is 35.8 Å². The second-order valence-corrected chi connectivity index (χ2v) is 5.63. The highest BCUT2D eigenvalue weighted by atomic mass is 16.5. The number of ether oxygens (including phenoxy) is 1. The Morgan fingerprint density at radius 2 is 1.77 bits per heavy atom. The molecule has 1 N–H and O–H groups in total. The number of hydrogen-bond acceptors (Lipinski definition) is 4. The Bertz CT molecular complexity index is 915. The minimum atomic E-state index is -0.416. The van der Waals surface area contributed by atoms with E-state index in [0.717, 1.165) is 11.4 Å². The van der Waals surface area contributed by atoms with E-state index in [0.29, 0.717) is 23.2 Å². The second-order valence-electron chi connectivity index (χ2n) is 5.63. The summed E-state index contributed by atoms with van der Waals surface area (Å²) >= 11 is 0. The van der Waals surface area contributed by atoms with Crippen LogP contribution in [0.3, 0.4) is 0 Å². The van der Waals surface area contributed by atoms with E-state index < -0.39 is 5.97 Å². The standard InChI is InChI=1S/C20H19N3O3/c1-3-18-17(13-21-23(18)16-7-5-4-6-8-16)19(24)22-15-11-9-14(10-12-15)20(25)26-2/h4-13H,3H2,1-2H3,(H,22,24). The largest absolute Gasteiger partial charge is 0.465 e. The molecule has 132 valence electrons. The van der Waals surface area contributed by atoms with E-state index in [1.807, 2.05) is 37.3 Å². The first-order chi connectivity index (χ1) is 12.6. The fourth-order valence-corrected chi connectivity index (χ4v) is 2.70. The summed E-state index contributed by atoms with van der Waals surface area (Å²) in [4.78, 5) is 24.1. The van der Waals surface area contributed by atoms with Gasteiger partial charge in [-0.25, -0.2) is 9.48 Å². The normalized spacial score (nSPS) is 10.4. The van der Waals surface area contributed by atoms with Crippen molar-refractivity contribution in [3.05, 3.63) is 77.6 Å². The van der Waals surface area contributed by atoms with Crippen molar-refractivity contribution >= 4 is 17.6 Å². The Labute approximate surface area is 151 Å². The first-order valence-corrected chi connectivity index (χ1v) is 8.26. The molecule has 26 heavy (non-hydrogen) atoms. The molecule has 0 aliphatic rings. The van der Waals surface area contributed by atoms with Gasteiger partial charge in [0.2, 0.25) is 0 Å². The van der Waals surface area contributed by atoms with Crippen LogP contribution in [0.15, 0.2) is 60.8 Å². The van der Waals surface area contributed by atoms with Crippen LogP contribution < -0.4 is 5.32 Å². The molecule has 6 nitrogen and oxygen atoms in total. The summed E-state index contributed by atoms with van der Waals surface area (Å²) in [6, 6.07) is 16.2. The van der Waals surface area contributed by atoms with Crippen LogP contribution in [0.1, 0.15) is 33.3 Å². The molecule has 2 aromatic carbocycles. The number of nitrogens with one attached hydrogen (secondary N) is 1. The summed E-state index contributed by atoms with van der Waals surface area (Å²) in [6.45, 7) is 1.98. The molecule has 1 heterocycles. The number of anilines is 1. The fraction of sp³-hybridized carbons (Fsp3) is 0.150. The van der Waals surface area contributed by atoms with Gasteiger partial charge in [-0.2, -0.15) is 5.10 Å². The predicted molar refractivity (Wildman–Crippen MR) is 98.7 cm³/mol. The van der Waals surface area contributed by atoms with Crippen LogP contribution in [0.4, 0.5) is 5.69 Å². The zero-order valence-electron chi connectivity index (χ0n) is 14.6. The number of carbonyl (C=O) groups excluding carboxylic acids is 2. The highest BCUT2D eigenvalue weighted by Crippen LogP contribution is 2.18. The molecule has 3 aromatic rings. The second kappa shape index (κ2) is 7.65. The smallest absolute Gasteiger partial charge is 0.337 e. The Morgan fingerprint density at radius 3 is 2.38 bits per heavy atom. The molecular formula is C20H19N3O3. The summed E-state index contributed by atoms with van der Waals surface area (Å²) < 4.78 is 6.44. The molecule has 0 spiro atoms. The summed E-state index contributed by atoms with van der Waals surface area (Å²) in [6.07, 6.45) is 2.24. The lowest BCUT2D eigenvalue weighted by Gasteiger charge is -2.09. The van der Waals surface area contributed by atoms with Gasteiger partial charge in [-0.3, -0.25) is 4.79 Å². The molecule has 0 saturated heterocycles. The van der Waals surface area contributed by atoms with Gasteiger partial charge in [0, 0.05) is 5.69 Å². The summed E-state index contributed by atoms with van der Waals surface area (Å²) in [5, 5.41) is 7.20. The van der Waals surface area contributed by atoms with Crippen LogP contribution in [0.25, 0.3) is 5.69 Å². The molecule has 3 rings (SSSR count). The molecule has 0 aliphatic carbocycles. The minimum Gasteiger partial charge on any atom is -0.465 e. The molecule has 0 saturated carbocycles. The Balaban J connectivity index is 1.82. The van der Waals surface area contributed by atoms with Crippen molar-refractivity contribution in [1.29, 1.82) is 0 Å². The number of hydrogen-bond donors (Lipinski definition) is 1. The lowest BCUT2D eigenvalue weighted by atomic mass is 10.1. The third-order valence-electron chi connectivity index (χ3n) is 4.01. The average Bonchev–Trinajstić information content (AvgIpc) is 3.13. The molecule has 0 unspecified atom stereocenters. The SMILES string of the molecule is CCc1c(C(=O)Nc2ccc(C(=O)OC)cc2)cnn1-c1ccccc1. The molecule has 6 heteroatoms. The zero-order valence-corrected chi connectivity index (χ0v) is 14.6. The highest BCUT2D eigenvalue weighted by Gasteiger charge is 2.17. The third kappa shape index (κ3) is 3.49. The number of rotatable bonds is 5. The zero-order chi connectivity index (χ0) is 18.5. The fourth-order valence-electron chi connectivity index (χ4n) is 2.70. The van der Waals surface area contributed by atoms with Crippen LogP contribution in [-0.2, 0) is 11.2 Å². The number of amides is 1. The first-order valence-electron chi connectivity index (χ1n) is 8.26. The summed E-state index contributed by atoms with van der Waals surface area (Å²) in [5.41, 5.74) is 3.29. The minimum absolute atomic E-state index is 0.241. The first kappa shape index (κ1) is 17.4. The number of benzene rings is 2.